The van der Waals surface area contributed by atoms with E-state index in [-0.39, 0.29) is 10.8 Å². The number of nitrogens with two attached hydrogens (primary N) is 1. The number of aryl methyl sites for hydroxylation is 1. The molecule has 164 valence electrons. The molecule has 1 heterocycles. The van der Waals surface area contributed by atoms with Crippen molar-refractivity contribution in [1.29, 1.82) is 0 Å². The smallest absolute Gasteiger partial charge is 0.240 e. The van der Waals surface area contributed by atoms with Gasteiger partial charge in [0.15, 0.2) is 0 Å². The number of aromatic nitrogens is 1. The Labute approximate surface area is 184 Å². The number of sulfonamides is 1. The van der Waals surface area contributed by atoms with E-state index in [1.165, 1.54) is 17.7 Å². The van der Waals surface area contributed by atoms with Gasteiger partial charge in [-0.15, -0.1) is 0 Å². The fourth-order valence-electron chi connectivity index (χ4n) is 3.38. The number of unbranched alkanes of at least 4 members (excludes halogenated alkanes) is 1. The first-order valence-corrected chi connectivity index (χ1v) is 12.2. The third-order valence-corrected chi connectivity index (χ3v) is 6.78. The van der Waals surface area contributed by atoms with Crippen LogP contribution in [0.4, 0.5) is 0 Å². The molecule has 0 aliphatic heterocycles. The van der Waals surface area contributed by atoms with Crippen molar-refractivity contribution >= 4 is 27.5 Å². The minimum atomic E-state index is -3.52. The lowest BCUT2D eigenvalue weighted by Gasteiger charge is -2.16. The van der Waals surface area contributed by atoms with Crippen LogP contribution in [-0.2, 0) is 21.2 Å². The van der Waals surface area contributed by atoms with E-state index in [0.717, 1.165) is 44.9 Å². The number of primary amides is 1. The highest BCUT2D eigenvalue weighted by molar-refractivity contribution is 7.89. The van der Waals surface area contributed by atoms with Gasteiger partial charge < -0.3 is 5.73 Å². The second-order valence-electron chi connectivity index (χ2n) is 7.47. The van der Waals surface area contributed by atoms with Crippen LogP contribution in [0.5, 0.6) is 0 Å². The van der Waals surface area contributed by atoms with Crippen molar-refractivity contribution in [2.75, 3.05) is 6.54 Å². The van der Waals surface area contributed by atoms with E-state index in [0.29, 0.717) is 23.9 Å². The first-order chi connectivity index (χ1) is 14.4. The summed E-state index contributed by atoms with van der Waals surface area (Å²) < 4.78 is 27.2. The second kappa shape index (κ2) is 12.7. The van der Waals surface area contributed by atoms with Gasteiger partial charge in [-0.1, -0.05) is 36.9 Å². The van der Waals surface area contributed by atoms with Crippen LogP contribution in [0, 0.1) is 5.92 Å². The van der Waals surface area contributed by atoms with Crippen molar-refractivity contribution in [1.82, 2.24) is 9.71 Å². The molecule has 0 bridgehead atoms. The van der Waals surface area contributed by atoms with E-state index in [1.54, 1.807) is 18.3 Å². The molecule has 1 unspecified atom stereocenters. The number of nitrogens with zero attached hydrogens (tertiary/aromatic N) is 1. The standard InChI is InChI=1S/C22H30ClN3O3S/c23-20-10-12-21(13-11-20)30(28,29)26-16-2-1-5-18(9-14-22(24)27)6-3-7-19-8-4-15-25-17-19/h4,8,10-13,15,17-18,26H,1-3,5-7,9,14,16H2,(H2,24,27). The molecule has 0 aliphatic carbocycles. The van der Waals surface area contributed by atoms with Crippen LogP contribution >= 0.6 is 11.6 Å². The Bertz CT molecular complexity index is 874. The fourth-order valence-corrected chi connectivity index (χ4v) is 4.58. The van der Waals surface area contributed by atoms with Crippen molar-refractivity contribution in [3.63, 3.8) is 0 Å². The van der Waals surface area contributed by atoms with E-state index < -0.39 is 10.0 Å². The van der Waals surface area contributed by atoms with Gasteiger partial charge in [0.05, 0.1) is 4.90 Å². The molecule has 1 aromatic heterocycles. The van der Waals surface area contributed by atoms with Crippen LogP contribution in [0.15, 0.2) is 53.7 Å². The lowest BCUT2D eigenvalue weighted by Crippen LogP contribution is -2.24. The molecule has 8 heteroatoms. The third kappa shape index (κ3) is 9.24. The monoisotopic (exact) mass is 451 g/mol. The molecule has 0 saturated heterocycles. The molecule has 0 saturated carbocycles. The lowest BCUT2D eigenvalue weighted by atomic mass is 9.90. The first kappa shape index (κ1) is 24.3. The summed E-state index contributed by atoms with van der Waals surface area (Å²) >= 11 is 5.81. The summed E-state index contributed by atoms with van der Waals surface area (Å²) in [6, 6.07) is 10.1. The summed E-state index contributed by atoms with van der Waals surface area (Å²) in [5.41, 5.74) is 6.53. The minimum Gasteiger partial charge on any atom is -0.370 e. The predicted molar refractivity (Wildman–Crippen MR) is 120 cm³/mol. The molecule has 1 aromatic carbocycles. The van der Waals surface area contributed by atoms with Crippen LogP contribution in [0.25, 0.3) is 0 Å². The molecular weight excluding hydrogens is 422 g/mol. The lowest BCUT2D eigenvalue weighted by molar-refractivity contribution is -0.118. The predicted octanol–water partition coefficient (Wildman–Crippen LogP) is 4.09. The van der Waals surface area contributed by atoms with E-state index in [2.05, 4.69) is 15.8 Å². The molecular formula is C22H30ClN3O3S. The summed E-state index contributed by atoms with van der Waals surface area (Å²) in [6.07, 6.45) is 10.4. The van der Waals surface area contributed by atoms with E-state index >= 15 is 0 Å². The average Bonchev–Trinajstić information content (AvgIpc) is 2.72. The maximum Gasteiger partial charge on any atom is 0.240 e. The van der Waals surface area contributed by atoms with Gasteiger partial charge in [-0.05, 0) is 67.5 Å². The van der Waals surface area contributed by atoms with E-state index in [9.17, 15) is 13.2 Å². The highest BCUT2D eigenvalue weighted by atomic mass is 35.5. The highest BCUT2D eigenvalue weighted by Gasteiger charge is 2.14. The third-order valence-electron chi connectivity index (χ3n) is 5.05. The molecule has 0 aliphatic rings. The molecule has 1 atom stereocenters. The van der Waals surface area contributed by atoms with Crippen molar-refractivity contribution in [3.8, 4) is 0 Å². The van der Waals surface area contributed by atoms with Gasteiger partial charge in [0.25, 0.3) is 0 Å². The molecule has 0 radical (unpaired) electrons. The SMILES string of the molecule is NC(=O)CCC(CCCCNS(=O)(=O)c1ccc(Cl)cc1)CCCc1cccnc1. The number of nitrogens with one attached hydrogen (secondary N) is 1. The Morgan fingerprint density at radius 2 is 1.80 bits per heavy atom. The number of pyridine rings is 1. The summed E-state index contributed by atoms with van der Waals surface area (Å²) in [7, 11) is -3.52. The number of benzene rings is 1. The Morgan fingerprint density at radius 1 is 1.07 bits per heavy atom. The van der Waals surface area contributed by atoms with Crippen LogP contribution in [-0.4, -0.2) is 25.9 Å². The number of amides is 1. The van der Waals surface area contributed by atoms with Crippen molar-refractivity contribution in [2.24, 2.45) is 11.7 Å². The molecule has 3 N–H and O–H groups in total. The minimum absolute atomic E-state index is 0.210. The Morgan fingerprint density at radius 3 is 2.47 bits per heavy atom. The van der Waals surface area contributed by atoms with Crippen LogP contribution in [0.2, 0.25) is 5.02 Å². The summed E-state index contributed by atoms with van der Waals surface area (Å²) in [5, 5.41) is 0.500. The quantitative estimate of drug-likeness (QED) is 0.422. The van der Waals surface area contributed by atoms with Crippen LogP contribution in [0.1, 0.15) is 50.5 Å². The van der Waals surface area contributed by atoms with Gasteiger partial charge in [-0.25, -0.2) is 13.1 Å². The number of halogens is 1. The molecule has 0 spiro atoms. The maximum atomic E-state index is 12.3. The molecule has 2 aromatic rings. The highest BCUT2D eigenvalue weighted by Crippen LogP contribution is 2.22. The molecule has 0 fully saturated rings. The molecule has 30 heavy (non-hydrogen) atoms. The molecule has 2 rings (SSSR count). The topological polar surface area (TPSA) is 102 Å². The van der Waals surface area contributed by atoms with E-state index in [1.807, 2.05) is 12.3 Å². The normalized spacial score (nSPS) is 12.6. The Kier molecular flexibility index (Phi) is 10.3. The number of carbonyl (C=O) groups excluding carboxylic acids is 1. The van der Waals surface area contributed by atoms with Gasteiger partial charge in [-0.3, -0.25) is 9.78 Å². The number of hydrogen-bond acceptors (Lipinski definition) is 4. The zero-order valence-corrected chi connectivity index (χ0v) is 18.7. The number of carbonyl (C=O) groups is 1. The molecule has 6 nitrogen and oxygen atoms in total. The van der Waals surface area contributed by atoms with Crippen LogP contribution < -0.4 is 10.5 Å². The first-order valence-electron chi connectivity index (χ1n) is 10.3. The van der Waals surface area contributed by atoms with Crippen LogP contribution in [0.3, 0.4) is 0 Å². The van der Waals surface area contributed by atoms with E-state index in [4.69, 9.17) is 17.3 Å². The van der Waals surface area contributed by atoms with Gasteiger partial charge in [0.1, 0.15) is 0 Å². The largest absolute Gasteiger partial charge is 0.370 e. The average molecular weight is 452 g/mol. The van der Waals surface area contributed by atoms with Gasteiger partial charge in [-0.2, -0.15) is 0 Å². The van der Waals surface area contributed by atoms with Crippen molar-refractivity contribution in [3.05, 3.63) is 59.4 Å². The Hall–Kier alpha value is -1.96. The zero-order chi connectivity index (χ0) is 21.8. The van der Waals surface area contributed by atoms with Gasteiger partial charge in [0.2, 0.25) is 15.9 Å². The van der Waals surface area contributed by atoms with Gasteiger partial charge in [0, 0.05) is 30.4 Å². The van der Waals surface area contributed by atoms with Crippen molar-refractivity contribution < 1.29 is 13.2 Å². The van der Waals surface area contributed by atoms with Gasteiger partial charge >= 0.3 is 0 Å². The maximum absolute atomic E-state index is 12.3. The zero-order valence-electron chi connectivity index (χ0n) is 17.1. The Balaban J connectivity index is 1.73. The van der Waals surface area contributed by atoms with Crippen molar-refractivity contribution in [2.45, 2.75) is 56.3 Å². The second-order valence-corrected chi connectivity index (χ2v) is 9.68. The molecule has 1 amide bonds. The summed E-state index contributed by atoms with van der Waals surface area (Å²) in [6.45, 7) is 0.378. The fraction of sp³-hybridized carbons (Fsp3) is 0.455. The summed E-state index contributed by atoms with van der Waals surface area (Å²) in [5.74, 6) is 0.130. The number of rotatable bonds is 14. The number of hydrogen-bond donors (Lipinski definition) is 2. The summed E-state index contributed by atoms with van der Waals surface area (Å²) in [4.78, 5) is 15.5.